The summed E-state index contributed by atoms with van der Waals surface area (Å²) in [5.41, 5.74) is 0.277. The first-order chi connectivity index (χ1) is 13.1. The molecule has 3 atom stereocenters. The smallest absolute Gasteiger partial charge is 0.265 e. The highest BCUT2D eigenvalue weighted by atomic mass is 31.2. The number of carbonyl (C=O) groups is 1. The van der Waals surface area contributed by atoms with Crippen LogP contribution in [0.15, 0.2) is 18.2 Å². The number of phosphoric acid groups is 1. The maximum Gasteiger partial charge on any atom is 0.265 e. The van der Waals surface area contributed by atoms with Crippen molar-refractivity contribution in [2.75, 3.05) is 19.8 Å². The number of likely N-dealkylation sites (tertiary alicyclic amines) is 1. The van der Waals surface area contributed by atoms with Crippen LogP contribution in [0.3, 0.4) is 0 Å². The molecule has 3 unspecified atom stereocenters. The van der Waals surface area contributed by atoms with E-state index in [9.17, 15) is 19.5 Å². The van der Waals surface area contributed by atoms with Crippen molar-refractivity contribution < 1.29 is 33.1 Å². The van der Waals surface area contributed by atoms with Crippen molar-refractivity contribution in [3.05, 3.63) is 29.3 Å². The summed E-state index contributed by atoms with van der Waals surface area (Å²) in [6.45, 7) is 3.69. The molecule has 1 amide bonds. The van der Waals surface area contributed by atoms with Gasteiger partial charge in [0, 0.05) is 18.5 Å². The van der Waals surface area contributed by atoms with E-state index >= 15 is 0 Å². The van der Waals surface area contributed by atoms with Crippen LogP contribution in [0.2, 0.25) is 0 Å². The second-order valence-corrected chi connectivity index (χ2v) is 8.49. The Balaban J connectivity index is 1.93. The molecule has 1 aromatic carbocycles. The highest BCUT2D eigenvalue weighted by Gasteiger charge is 2.49. The van der Waals surface area contributed by atoms with Gasteiger partial charge >= 0.3 is 0 Å². The van der Waals surface area contributed by atoms with Crippen molar-refractivity contribution in [3.63, 3.8) is 0 Å². The van der Waals surface area contributed by atoms with Crippen molar-refractivity contribution in [2.45, 2.75) is 44.4 Å². The SMILES string of the molecule is CC1(C)Oc2ccc(C#N)cc2C(N2CCCC2=O)C1OCCOP(=O)([O-])O. The van der Waals surface area contributed by atoms with Gasteiger partial charge in [-0.1, -0.05) is 0 Å². The zero-order chi connectivity index (χ0) is 20.5. The van der Waals surface area contributed by atoms with Crippen LogP contribution in [-0.2, 0) is 18.6 Å². The molecule has 10 heteroatoms. The lowest BCUT2D eigenvalue weighted by atomic mass is 9.84. The van der Waals surface area contributed by atoms with Crippen molar-refractivity contribution in [1.29, 1.82) is 5.26 Å². The predicted molar refractivity (Wildman–Crippen MR) is 95.1 cm³/mol. The molecule has 2 aliphatic heterocycles. The first kappa shape index (κ1) is 20.8. The number of nitriles is 1. The third kappa shape index (κ3) is 4.37. The van der Waals surface area contributed by atoms with Crippen LogP contribution >= 0.6 is 7.82 Å². The minimum Gasteiger partial charge on any atom is -0.756 e. The van der Waals surface area contributed by atoms with Crippen LogP contribution in [0.4, 0.5) is 0 Å². The molecule has 0 saturated carbocycles. The Morgan fingerprint density at radius 2 is 2.21 bits per heavy atom. The Labute approximate surface area is 163 Å². The molecule has 0 spiro atoms. The van der Waals surface area contributed by atoms with Crippen LogP contribution in [0.25, 0.3) is 0 Å². The maximum absolute atomic E-state index is 12.5. The summed E-state index contributed by atoms with van der Waals surface area (Å²) in [4.78, 5) is 33.7. The van der Waals surface area contributed by atoms with Gasteiger partial charge in [-0.15, -0.1) is 0 Å². The summed E-state index contributed by atoms with van der Waals surface area (Å²) in [5, 5.41) is 9.26. The van der Waals surface area contributed by atoms with E-state index in [1.807, 2.05) is 13.8 Å². The number of ether oxygens (including phenoxy) is 2. The maximum atomic E-state index is 12.5. The van der Waals surface area contributed by atoms with Gasteiger partial charge in [-0.05, 0) is 38.5 Å². The van der Waals surface area contributed by atoms with E-state index in [0.29, 0.717) is 29.8 Å². The Kier molecular flexibility index (Phi) is 5.80. The first-order valence-electron chi connectivity index (χ1n) is 8.95. The Bertz CT molecular complexity index is 845. The zero-order valence-electron chi connectivity index (χ0n) is 15.7. The van der Waals surface area contributed by atoms with Gasteiger partial charge in [-0.2, -0.15) is 5.26 Å². The van der Waals surface area contributed by atoms with E-state index < -0.39 is 25.6 Å². The average molecular weight is 409 g/mol. The van der Waals surface area contributed by atoms with Crippen LogP contribution in [0.5, 0.6) is 5.75 Å². The van der Waals surface area contributed by atoms with Gasteiger partial charge < -0.3 is 28.7 Å². The molecule has 2 heterocycles. The van der Waals surface area contributed by atoms with E-state index in [2.05, 4.69) is 10.6 Å². The molecule has 28 heavy (non-hydrogen) atoms. The van der Waals surface area contributed by atoms with Crippen molar-refractivity contribution in [3.8, 4) is 11.8 Å². The van der Waals surface area contributed by atoms with E-state index in [-0.39, 0.29) is 19.1 Å². The number of rotatable bonds is 6. The number of hydrogen-bond acceptors (Lipinski definition) is 7. The fourth-order valence-corrected chi connectivity index (χ4v) is 4.05. The van der Waals surface area contributed by atoms with E-state index in [1.54, 1.807) is 23.1 Å². The number of phosphoric ester groups is 1. The number of carbonyl (C=O) groups excluding carboxylic acids is 1. The Morgan fingerprint density at radius 1 is 1.46 bits per heavy atom. The first-order valence-corrected chi connectivity index (χ1v) is 10.4. The minimum absolute atomic E-state index is 0.0136. The van der Waals surface area contributed by atoms with Crippen molar-refractivity contribution >= 4 is 13.7 Å². The number of fused-ring (bicyclic) bond motifs is 1. The molecule has 1 aromatic rings. The Hall–Kier alpha value is -1.95. The van der Waals surface area contributed by atoms with Gasteiger partial charge in [0.2, 0.25) is 5.91 Å². The third-order valence-corrected chi connectivity index (χ3v) is 5.39. The van der Waals surface area contributed by atoms with Crippen molar-refractivity contribution in [2.24, 2.45) is 0 Å². The van der Waals surface area contributed by atoms with Crippen LogP contribution in [0, 0.1) is 11.3 Å². The standard InChI is InChI=1S/C18H23N2O7P/c1-18(2)17(25-8-9-26-28(22,23)24)16(20-7-3-4-15(20)21)13-10-12(11-19)5-6-14(13)27-18/h5-6,10,16-17H,3-4,7-9H2,1-2H3,(H2,22,23,24)/p-1. The van der Waals surface area contributed by atoms with Gasteiger partial charge in [0.05, 0.1) is 30.9 Å². The number of hydrogen-bond donors (Lipinski definition) is 1. The number of nitrogens with zero attached hydrogens (tertiary/aromatic N) is 2. The van der Waals surface area contributed by atoms with Crippen LogP contribution in [-0.4, -0.2) is 47.2 Å². The minimum atomic E-state index is -4.84. The summed E-state index contributed by atoms with van der Waals surface area (Å²) >= 11 is 0. The molecular weight excluding hydrogens is 387 g/mol. The molecule has 0 bridgehead atoms. The molecule has 0 radical (unpaired) electrons. The monoisotopic (exact) mass is 409 g/mol. The fourth-order valence-electron chi connectivity index (χ4n) is 3.74. The van der Waals surface area contributed by atoms with Gasteiger partial charge in [0.1, 0.15) is 17.5 Å². The quantitative estimate of drug-likeness (QED) is 0.548. The summed E-state index contributed by atoms with van der Waals surface area (Å²) in [5.74, 6) is 0.560. The van der Waals surface area contributed by atoms with Gasteiger partial charge in [-0.25, -0.2) is 0 Å². The second-order valence-electron chi connectivity index (χ2n) is 7.30. The van der Waals surface area contributed by atoms with E-state index in [4.69, 9.17) is 14.4 Å². The van der Waals surface area contributed by atoms with Gasteiger partial charge in [0.25, 0.3) is 7.82 Å². The summed E-state index contributed by atoms with van der Waals surface area (Å²) in [6.07, 6.45) is 0.526. The predicted octanol–water partition coefficient (Wildman–Crippen LogP) is 1.26. The molecule has 9 nitrogen and oxygen atoms in total. The summed E-state index contributed by atoms with van der Waals surface area (Å²) < 4.78 is 27.1. The molecule has 2 aliphatic rings. The molecule has 152 valence electrons. The Morgan fingerprint density at radius 3 is 2.82 bits per heavy atom. The lowest BCUT2D eigenvalue weighted by molar-refractivity contribution is -0.221. The normalized spacial score (nSPS) is 25.5. The lowest BCUT2D eigenvalue weighted by Gasteiger charge is -2.47. The molecule has 3 rings (SSSR count). The fraction of sp³-hybridized carbons (Fsp3) is 0.556. The lowest BCUT2D eigenvalue weighted by Crippen LogP contribution is -2.55. The third-order valence-electron chi connectivity index (χ3n) is 4.88. The van der Waals surface area contributed by atoms with Crippen LogP contribution < -0.4 is 9.63 Å². The van der Waals surface area contributed by atoms with E-state index in [1.165, 1.54) is 0 Å². The molecule has 0 aromatic heterocycles. The topological polar surface area (TPSA) is 132 Å². The molecule has 1 fully saturated rings. The molecule has 0 aliphatic carbocycles. The zero-order valence-corrected chi connectivity index (χ0v) is 16.6. The van der Waals surface area contributed by atoms with Crippen molar-refractivity contribution in [1.82, 2.24) is 4.90 Å². The molecular formula is C18H22N2O7P-. The van der Waals surface area contributed by atoms with E-state index in [0.717, 1.165) is 6.42 Å². The van der Waals surface area contributed by atoms with Gasteiger partial charge in [-0.3, -0.25) is 9.36 Å². The average Bonchev–Trinajstić information content (AvgIpc) is 3.02. The largest absolute Gasteiger partial charge is 0.756 e. The highest BCUT2D eigenvalue weighted by Crippen LogP contribution is 2.46. The van der Waals surface area contributed by atoms with Gasteiger partial charge in [0.15, 0.2) is 0 Å². The number of benzene rings is 1. The summed E-state index contributed by atoms with van der Waals surface area (Å²) in [7, 11) is -4.84. The second kappa shape index (κ2) is 7.82. The van der Waals surface area contributed by atoms with Crippen LogP contribution in [0.1, 0.15) is 43.9 Å². The summed E-state index contributed by atoms with van der Waals surface area (Å²) in [6, 6.07) is 6.65. The molecule has 1 N–H and O–H groups in total. The number of amides is 1. The highest BCUT2D eigenvalue weighted by molar-refractivity contribution is 7.44. The molecule has 1 saturated heterocycles.